The van der Waals surface area contributed by atoms with E-state index in [0.29, 0.717) is 13.1 Å². The first-order chi connectivity index (χ1) is 11.6. The molecule has 24 heavy (non-hydrogen) atoms. The first-order valence-electron chi connectivity index (χ1n) is 8.26. The Morgan fingerprint density at radius 3 is 2.75 bits per heavy atom. The molecule has 0 aliphatic heterocycles. The molecule has 0 amide bonds. The second-order valence-corrected chi connectivity index (χ2v) is 5.76. The van der Waals surface area contributed by atoms with Crippen molar-refractivity contribution in [1.29, 1.82) is 0 Å². The van der Waals surface area contributed by atoms with Gasteiger partial charge in [0.2, 0.25) is 0 Å². The summed E-state index contributed by atoms with van der Waals surface area (Å²) in [6, 6.07) is 6.28. The first kappa shape index (κ1) is 17.8. The van der Waals surface area contributed by atoms with E-state index in [1.54, 1.807) is 11.7 Å². The highest BCUT2D eigenvalue weighted by Gasteiger charge is 2.06. The summed E-state index contributed by atoms with van der Waals surface area (Å²) in [5.74, 6) is 1.69. The minimum atomic E-state index is 0.659. The second kappa shape index (κ2) is 8.96. The van der Waals surface area contributed by atoms with Crippen molar-refractivity contribution < 1.29 is 4.74 Å². The van der Waals surface area contributed by atoms with E-state index in [9.17, 15) is 0 Å². The molecule has 0 unspecified atom stereocenters. The van der Waals surface area contributed by atoms with E-state index in [4.69, 9.17) is 4.74 Å². The molecule has 0 radical (unpaired) electrons. The average molecular weight is 329 g/mol. The number of benzene rings is 1. The van der Waals surface area contributed by atoms with Crippen molar-refractivity contribution in [3.05, 3.63) is 47.3 Å². The van der Waals surface area contributed by atoms with Crippen molar-refractivity contribution in [2.24, 2.45) is 12.0 Å². The number of hydrogen-bond donors (Lipinski definition) is 2. The van der Waals surface area contributed by atoms with E-state index in [-0.39, 0.29) is 0 Å². The van der Waals surface area contributed by atoms with Gasteiger partial charge in [-0.15, -0.1) is 0 Å². The number of aliphatic imine (C=N–C) groups is 1. The number of guanidine groups is 1. The molecule has 0 spiro atoms. The largest absolute Gasteiger partial charge is 0.493 e. The zero-order valence-corrected chi connectivity index (χ0v) is 15.0. The maximum absolute atomic E-state index is 5.85. The van der Waals surface area contributed by atoms with Crippen LogP contribution in [0.2, 0.25) is 0 Å². The fourth-order valence-electron chi connectivity index (χ4n) is 2.30. The number of nitrogens with zero attached hydrogens (tertiary/aromatic N) is 3. The van der Waals surface area contributed by atoms with Crippen LogP contribution in [0.15, 0.2) is 35.6 Å². The summed E-state index contributed by atoms with van der Waals surface area (Å²) >= 11 is 0. The Labute approximate surface area is 143 Å². The first-order valence-corrected chi connectivity index (χ1v) is 8.26. The van der Waals surface area contributed by atoms with Gasteiger partial charge in [0.25, 0.3) is 0 Å². The fraction of sp³-hybridized carbons (Fsp3) is 0.444. The van der Waals surface area contributed by atoms with Gasteiger partial charge in [-0.1, -0.05) is 19.1 Å². The van der Waals surface area contributed by atoms with Gasteiger partial charge in [-0.05, 0) is 25.0 Å². The summed E-state index contributed by atoms with van der Waals surface area (Å²) in [6.07, 6.45) is 4.82. The van der Waals surface area contributed by atoms with Crippen LogP contribution in [-0.4, -0.2) is 29.4 Å². The maximum atomic E-state index is 5.85. The topological polar surface area (TPSA) is 63.5 Å². The molecule has 1 aromatic heterocycles. The van der Waals surface area contributed by atoms with E-state index >= 15 is 0 Å². The quantitative estimate of drug-likeness (QED) is 0.605. The molecule has 0 aliphatic carbocycles. The smallest absolute Gasteiger partial charge is 0.191 e. The van der Waals surface area contributed by atoms with Crippen molar-refractivity contribution in [3.63, 3.8) is 0 Å². The van der Waals surface area contributed by atoms with E-state index < -0.39 is 0 Å². The number of aryl methyl sites for hydroxylation is 2. The van der Waals surface area contributed by atoms with Gasteiger partial charge in [0.1, 0.15) is 5.75 Å². The van der Waals surface area contributed by atoms with Crippen LogP contribution in [0.25, 0.3) is 0 Å². The summed E-state index contributed by atoms with van der Waals surface area (Å²) in [7, 11) is 3.67. The number of aromatic nitrogens is 2. The number of hydrogen-bond acceptors (Lipinski definition) is 3. The third-order valence-corrected chi connectivity index (χ3v) is 3.57. The molecule has 2 N–H and O–H groups in total. The van der Waals surface area contributed by atoms with Crippen LogP contribution < -0.4 is 15.4 Å². The van der Waals surface area contributed by atoms with Crippen molar-refractivity contribution in [3.8, 4) is 5.75 Å². The van der Waals surface area contributed by atoms with Crippen LogP contribution in [0.5, 0.6) is 5.75 Å². The van der Waals surface area contributed by atoms with Crippen molar-refractivity contribution in [2.45, 2.75) is 33.4 Å². The molecule has 6 heteroatoms. The monoisotopic (exact) mass is 329 g/mol. The minimum Gasteiger partial charge on any atom is -0.493 e. The molecule has 2 rings (SSSR count). The van der Waals surface area contributed by atoms with Crippen molar-refractivity contribution in [1.82, 2.24) is 20.4 Å². The second-order valence-electron chi connectivity index (χ2n) is 5.76. The Balaban J connectivity index is 1.92. The van der Waals surface area contributed by atoms with E-state index in [1.165, 1.54) is 5.56 Å². The molecule has 0 fully saturated rings. The zero-order chi connectivity index (χ0) is 17.4. The van der Waals surface area contributed by atoms with Gasteiger partial charge < -0.3 is 15.4 Å². The zero-order valence-electron chi connectivity index (χ0n) is 15.0. The highest BCUT2D eigenvalue weighted by Crippen LogP contribution is 2.20. The van der Waals surface area contributed by atoms with Gasteiger partial charge in [-0.2, -0.15) is 5.10 Å². The van der Waals surface area contributed by atoms with E-state index in [0.717, 1.165) is 35.9 Å². The number of rotatable bonds is 7. The van der Waals surface area contributed by atoms with Gasteiger partial charge in [0, 0.05) is 44.5 Å². The highest BCUT2D eigenvalue weighted by atomic mass is 16.5. The Kier molecular flexibility index (Phi) is 6.66. The van der Waals surface area contributed by atoms with Gasteiger partial charge >= 0.3 is 0 Å². The molecule has 6 nitrogen and oxygen atoms in total. The average Bonchev–Trinajstić information content (AvgIpc) is 2.99. The molecular formula is C18H27N5O. The number of nitrogens with one attached hydrogen (secondary N) is 2. The SMILES string of the molecule is CCCOc1cc(C)ccc1CNC(=NC)NCc1cnn(C)c1. The molecule has 0 aliphatic rings. The Bertz CT molecular complexity index is 678. The Morgan fingerprint density at radius 1 is 1.29 bits per heavy atom. The van der Waals surface area contributed by atoms with Gasteiger partial charge in [-0.25, -0.2) is 0 Å². The van der Waals surface area contributed by atoms with Crippen LogP contribution in [0.1, 0.15) is 30.0 Å². The lowest BCUT2D eigenvalue weighted by Gasteiger charge is -2.15. The number of ether oxygens (including phenoxy) is 1. The molecule has 0 atom stereocenters. The fourth-order valence-corrected chi connectivity index (χ4v) is 2.30. The third-order valence-electron chi connectivity index (χ3n) is 3.57. The minimum absolute atomic E-state index is 0.659. The molecule has 1 aromatic carbocycles. The predicted molar refractivity (Wildman–Crippen MR) is 97.2 cm³/mol. The Morgan fingerprint density at radius 2 is 2.08 bits per heavy atom. The highest BCUT2D eigenvalue weighted by molar-refractivity contribution is 5.79. The summed E-state index contributed by atoms with van der Waals surface area (Å²) in [4.78, 5) is 4.26. The normalized spacial score (nSPS) is 11.4. The molecular weight excluding hydrogens is 302 g/mol. The van der Waals surface area contributed by atoms with E-state index in [1.807, 2.05) is 19.4 Å². The van der Waals surface area contributed by atoms with Gasteiger partial charge in [-0.3, -0.25) is 9.67 Å². The lowest BCUT2D eigenvalue weighted by atomic mass is 10.1. The van der Waals surface area contributed by atoms with Crippen molar-refractivity contribution in [2.75, 3.05) is 13.7 Å². The molecule has 0 saturated carbocycles. The van der Waals surface area contributed by atoms with Gasteiger partial charge in [0.05, 0.1) is 12.8 Å². The molecule has 0 bridgehead atoms. The predicted octanol–water partition coefficient (Wildman–Crippen LogP) is 2.38. The standard InChI is InChI=1S/C18H27N5O/c1-5-8-24-17-9-14(2)6-7-16(17)12-21-18(19-3)20-10-15-11-22-23(4)13-15/h6-7,9,11,13H,5,8,10,12H2,1-4H3,(H2,19,20,21). The van der Waals surface area contributed by atoms with Crippen LogP contribution in [0, 0.1) is 6.92 Å². The lowest BCUT2D eigenvalue weighted by molar-refractivity contribution is 0.313. The van der Waals surface area contributed by atoms with Crippen LogP contribution in [-0.2, 0) is 20.1 Å². The van der Waals surface area contributed by atoms with Crippen molar-refractivity contribution >= 4 is 5.96 Å². The summed E-state index contributed by atoms with van der Waals surface area (Å²) in [5.41, 5.74) is 3.44. The van der Waals surface area contributed by atoms with Crippen LogP contribution in [0.4, 0.5) is 0 Å². The molecule has 130 valence electrons. The maximum Gasteiger partial charge on any atom is 0.191 e. The molecule has 0 saturated heterocycles. The molecule has 1 heterocycles. The van der Waals surface area contributed by atoms with Gasteiger partial charge in [0.15, 0.2) is 5.96 Å². The molecule has 2 aromatic rings. The Hall–Kier alpha value is -2.50. The summed E-state index contributed by atoms with van der Waals surface area (Å²) in [5, 5.41) is 10.8. The summed E-state index contributed by atoms with van der Waals surface area (Å²) in [6.45, 7) is 6.25. The third kappa shape index (κ3) is 5.30. The lowest BCUT2D eigenvalue weighted by Crippen LogP contribution is -2.36. The van der Waals surface area contributed by atoms with E-state index in [2.05, 4.69) is 52.8 Å². The summed E-state index contributed by atoms with van der Waals surface area (Å²) < 4.78 is 7.64. The van der Waals surface area contributed by atoms with Crippen LogP contribution >= 0.6 is 0 Å². The van der Waals surface area contributed by atoms with Crippen LogP contribution in [0.3, 0.4) is 0 Å².